The van der Waals surface area contributed by atoms with E-state index >= 15 is 0 Å². The van der Waals surface area contributed by atoms with E-state index in [0.29, 0.717) is 0 Å². The molecular weight excluding hydrogens is 222 g/mol. The minimum atomic E-state index is 0.756. The minimum absolute atomic E-state index is 0.756. The molecule has 0 bridgehead atoms. The second-order valence-corrected chi connectivity index (χ2v) is 5.41. The number of hydrogen-bond acceptors (Lipinski definition) is 1. The van der Waals surface area contributed by atoms with E-state index in [9.17, 15) is 0 Å². The van der Waals surface area contributed by atoms with Crippen molar-refractivity contribution < 1.29 is 5.32 Å². The molecule has 1 nitrogen and oxygen atoms in total. The van der Waals surface area contributed by atoms with Gasteiger partial charge in [0, 0.05) is 12.8 Å². The standard InChI is InChI=1S/C8H10BrNS/c9-8-4-3-7(11-8)6-2-1-5-10-6/h3-4,6,10H,1-2,5H2/p+1/t6-/m0/s1. The lowest BCUT2D eigenvalue weighted by Crippen LogP contribution is -2.81. The van der Waals surface area contributed by atoms with Crippen LogP contribution in [0.5, 0.6) is 0 Å². The summed E-state index contributed by atoms with van der Waals surface area (Å²) in [6.45, 7) is 1.31. The van der Waals surface area contributed by atoms with Crippen LogP contribution in [-0.2, 0) is 0 Å². The summed E-state index contributed by atoms with van der Waals surface area (Å²) in [5.74, 6) is 0. The van der Waals surface area contributed by atoms with E-state index in [0.717, 1.165) is 6.04 Å². The van der Waals surface area contributed by atoms with Gasteiger partial charge in [0.1, 0.15) is 6.04 Å². The predicted octanol–water partition coefficient (Wildman–Crippen LogP) is 1.91. The van der Waals surface area contributed by atoms with E-state index in [1.165, 1.54) is 28.0 Å². The molecular formula is C8H11BrNS+. The maximum Gasteiger partial charge on any atom is 0.121 e. The van der Waals surface area contributed by atoms with E-state index < -0.39 is 0 Å². The Morgan fingerprint density at radius 1 is 1.55 bits per heavy atom. The van der Waals surface area contributed by atoms with Crippen LogP contribution in [0.3, 0.4) is 0 Å². The number of nitrogens with two attached hydrogens (primary N) is 1. The van der Waals surface area contributed by atoms with Crippen molar-refractivity contribution >= 4 is 27.3 Å². The largest absolute Gasteiger partial charge is 0.339 e. The fourth-order valence-corrected chi connectivity index (χ4v) is 3.12. The highest BCUT2D eigenvalue weighted by molar-refractivity contribution is 9.11. The van der Waals surface area contributed by atoms with Crippen molar-refractivity contribution in [1.82, 2.24) is 0 Å². The monoisotopic (exact) mass is 232 g/mol. The first-order chi connectivity index (χ1) is 5.36. The summed E-state index contributed by atoms with van der Waals surface area (Å²) in [7, 11) is 0. The van der Waals surface area contributed by atoms with Crippen molar-refractivity contribution in [3.63, 3.8) is 0 Å². The van der Waals surface area contributed by atoms with Crippen LogP contribution in [0, 0.1) is 0 Å². The molecule has 1 aliphatic heterocycles. The lowest BCUT2D eigenvalue weighted by Gasteiger charge is -2.01. The van der Waals surface area contributed by atoms with Crippen molar-refractivity contribution in [2.45, 2.75) is 18.9 Å². The topological polar surface area (TPSA) is 16.6 Å². The molecule has 3 heteroatoms. The van der Waals surface area contributed by atoms with Crippen molar-refractivity contribution in [3.8, 4) is 0 Å². The number of quaternary nitrogens is 1. The number of halogens is 1. The van der Waals surface area contributed by atoms with Gasteiger partial charge in [-0.2, -0.15) is 0 Å². The van der Waals surface area contributed by atoms with Gasteiger partial charge in [-0.3, -0.25) is 0 Å². The molecule has 2 rings (SSSR count). The van der Waals surface area contributed by atoms with Crippen molar-refractivity contribution in [1.29, 1.82) is 0 Å². The van der Waals surface area contributed by atoms with Gasteiger partial charge in [-0.15, -0.1) is 11.3 Å². The maximum absolute atomic E-state index is 3.48. The third-order valence-electron chi connectivity index (χ3n) is 2.13. The molecule has 1 saturated heterocycles. The molecule has 1 atom stereocenters. The van der Waals surface area contributed by atoms with Gasteiger partial charge in [0.15, 0.2) is 0 Å². The molecule has 2 heterocycles. The molecule has 1 aromatic heterocycles. The first-order valence-corrected chi connectivity index (χ1v) is 5.56. The molecule has 0 aromatic carbocycles. The van der Waals surface area contributed by atoms with Crippen LogP contribution in [0.4, 0.5) is 0 Å². The Balaban J connectivity index is 2.15. The zero-order chi connectivity index (χ0) is 7.68. The third kappa shape index (κ3) is 1.66. The average Bonchev–Trinajstić information content (AvgIpc) is 2.55. The van der Waals surface area contributed by atoms with Crippen LogP contribution in [0.15, 0.2) is 15.9 Å². The molecule has 0 spiro atoms. The van der Waals surface area contributed by atoms with E-state index in [2.05, 4.69) is 33.4 Å². The van der Waals surface area contributed by atoms with E-state index in [4.69, 9.17) is 0 Å². The van der Waals surface area contributed by atoms with Gasteiger partial charge in [0.2, 0.25) is 0 Å². The quantitative estimate of drug-likeness (QED) is 0.763. The first-order valence-electron chi connectivity index (χ1n) is 3.95. The Labute approximate surface area is 78.9 Å². The summed E-state index contributed by atoms with van der Waals surface area (Å²) in [6, 6.07) is 5.14. The van der Waals surface area contributed by atoms with Gasteiger partial charge >= 0.3 is 0 Å². The summed E-state index contributed by atoms with van der Waals surface area (Å²) < 4.78 is 1.26. The Hall–Kier alpha value is 0.140. The van der Waals surface area contributed by atoms with Gasteiger partial charge in [-0.25, -0.2) is 0 Å². The van der Waals surface area contributed by atoms with Crippen molar-refractivity contribution in [3.05, 3.63) is 20.8 Å². The predicted molar refractivity (Wildman–Crippen MR) is 50.8 cm³/mol. The smallest absolute Gasteiger partial charge is 0.121 e. The fraction of sp³-hybridized carbons (Fsp3) is 0.500. The summed E-state index contributed by atoms with van der Waals surface area (Å²) in [5.41, 5.74) is 0. The van der Waals surface area contributed by atoms with Crippen LogP contribution in [0.1, 0.15) is 23.8 Å². The van der Waals surface area contributed by atoms with Crippen LogP contribution in [0.25, 0.3) is 0 Å². The molecule has 0 saturated carbocycles. The van der Waals surface area contributed by atoms with Crippen LogP contribution in [0.2, 0.25) is 0 Å². The van der Waals surface area contributed by atoms with Crippen LogP contribution < -0.4 is 5.32 Å². The van der Waals surface area contributed by atoms with Crippen LogP contribution in [-0.4, -0.2) is 6.54 Å². The molecule has 11 heavy (non-hydrogen) atoms. The Morgan fingerprint density at radius 3 is 3.00 bits per heavy atom. The zero-order valence-electron chi connectivity index (χ0n) is 6.22. The molecule has 0 aliphatic carbocycles. The molecule has 0 radical (unpaired) electrons. The Bertz CT molecular complexity index is 240. The lowest BCUT2D eigenvalue weighted by atomic mass is 10.2. The van der Waals surface area contributed by atoms with E-state index in [-0.39, 0.29) is 0 Å². The minimum Gasteiger partial charge on any atom is -0.339 e. The number of hydrogen-bond donors (Lipinski definition) is 1. The third-order valence-corrected chi connectivity index (χ3v) is 3.89. The summed E-state index contributed by atoms with van der Waals surface area (Å²) in [6.07, 6.45) is 2.73. The highest BCUT2D eigenvalue weighted by Gasteiger charge is 2.21. The highest BCUT2D eigenvalue weighted by Crippen LogP contribution is 2.28. The van der Waals surface area contributed by atoms with Crippen molar-refractivity contribution in [2.24, 2.45) is 0 Å². The summed E-state index contributed by atoms with van der Waals surface area (Å²) in [4.78, 5) is 1.52. The van der Waals surface area contributed by atoms with Gasteiger partial charge < -0.3 is 5.32 Å². The van der Waals surface area contributed by atoms with Gasteiger partial charge in [-0.1, -0.05) is 0 Å². The molecule has 2 N–H and O–H groups in total. The van der Waals surface area contributed by atoms with Gasteiger partial charge in [0.05, 0.1) is 15.2 Å². The zero-order valence-corrected chi connectivity index (χ0v) is 8.62. The SMILES string of the molecule is Brc1ccc([C@@H]2CCC[NH2+]2)s1. The average molecular weight is 233 g/mol. The second kappa shape index (κ2) is 3.25. The summed E-state index contributed by atoms with van der Waals surface area (Å²) in [5, 5.41) is 2.44. The van der Waals surface area contributed by atoms with E-state index in [1.807, 2.05) is 11.3 Å². The van der Waals surface area contributed by atoms with Crippen LogP contribution >= 0.6 is 27.3 Å². The van der Waals surface area contributed by atoms with Gasteiger partial charge in [-0.05, 0) is 28.1 Å². The molecule has 1 aliphatic rings. The Kier molecular flexibility index (Phi) is 2.30. The van der Waals surface area contributed by atoms with Crippen molar-refractivity contribution in [2.75, 3.05) is 6.54 Å². The first kappa shape index (κ1) is 7.77. The molecule has 0 unspecified atom stereocenters. The van der Waals surface area contributed by atoms with E-state index in [1.54, 1.807) is 0 Å². The molecule has 1 fully saturated rings. The number of thiophene rings is 1. The highest BCUT2D eigenvalue weighted by atomic mass is 79.9. The number of rotatable bonds is 1. The normalized spacial score (nSPS) is 24.3. The molecule has 0 amide bonds. The fourth-order valence-electron chi connectivity index (χ4n) is 1.56. The molecule has 60 valence electrons. The maximum atomic E-state index is 3.48. The second-order valence-electron chi connectivity index (χ2n) is 2.91. The Morgan fingerprint density at radius 2 is 2.45 bits per heavy atom. The molecule has 1 aromatic rings. The van der Waals surface area contributed by atoms with Gasteiger partial charge in [0.25, 0.3) is 0 Å². The lowest BCUT2D eigenvalue weighted by molar-refractivity contribution is -0.675. The summed E-state index contributed by atoms with van der Waals surface area (Å²) >= 11 is 5.35.